The van der Waals surface area contributed by atoms with Crippen LogP contribution < -0.4 is 10.2 Å². The molecule has 1 atom stereocenters. The van der Waals surface area contributed by atoms with Crippen LogP contribution in [0.15, 0.2) is 18.5 Å². The zero-order chi connectivity index (χ0) is 17.0. The van der Waals surface area contributed by atoms with Crippen molar-refractivity contribution in [2.75, 3.05) is 37.0 Å². The molecule has 1 aromatic heterocycles. The molecule has 1 saturated carbocycles. The Bertz CT molecular complexity index is 580. The molecule has 3 rings (SSSR count). The molecule has 0 spiro atoms. The quantitative estimate of drug-likeness (QED) is 0.824. The number of nitrogens with zero attached hydrogens (tertiary/aromatic N) is 2. The van der Waals surface area contributed by atoms with E-state index in [0.717, 1.165) is 18.5 Å². The molecule has 2 aliphatic rings. The van der Waals surface area contributed by atoms with Gasteiger partial charge < -0.3 is 19.7 Å². The first-order valence-electron chi connectivity index (χ1n) is 8.46. The van der Waals surface area contributed by atoms with E-state index >= 15 is 0 Å². The van der Waals surface area contributed by atoms with Gasteiger partial charge in [0.1, 0.15) is 0 Å². The minimum Gasteiger partial charge on any atom is -0.361 e. The molecule has 132 valence electrons. The van der Waals surface area contributed by atoms with Crippen molar-refractivity contribution in [2.24, 2.45) is 5.92 Å². The van der Waals surface area contributed by atoms with Gasteiger partial charge in [-0.05, 0) is 24.8 Å². The summed E-state index contributed by atoms with van der Waals surface area (Å²) in [4.78, 5) is 18.5. The normalized spacial score (nSPS) is 25.0. The number of hydrogen-bond donors (Lipinski definition) is 1. The van der Waals surface area contributed by atoms with E-state index < -0.39 is 5.25 Å². The lowest BCUT2D eigenvalue weighted by atomic mass is 10.0. The molecule has 1 saturated heterocycles. The molecule has 1 aliphatic heterocycles. The van der Waals surface area contributed by atoms with Gasteiger partial charge in [0.05, 0.1) is 36.9 Å². The largest absolute Gasteiger partial charge is 0.361 e. The predicted octanol–water partition coefficient (Wildman–Crippen LogP) is 2.98. The summed E-state index contributed by atoms with van der Waals surface area (Å²) in [7, 11) is 1.52. The van der Waals surface area contributed by atoms with Gasteiger partial charge in [-0.1, -0.05) is 24.4 Å². The molecule has 0 bridgehead atoms. The van der Waals surface area contributed by atoms with Gasteiger partial charge in [-0.25, -0.2) is 0 Å². The highest BCUT2D eigenvalue weighted by molar-refractivity contribution is 6.22. The SMILES string of the molecule is COC1(Cl)CN(c2cncc(NC(=O)CC3CCCC3)c2)CCO1. The van der Waals surface area contributed by atoms with Gasteiger partial charge in [-0.2, -0.15) is 0 Å². The number of morpholine rings is 1. The van der Waals surface area contributed by atoms with Crippen molar-refractivity contribution in [1.29, 1.82) is 0 Å². The number of rotatable bonds is 5. The number of methoxy groups -OCH3 is 1. The second-order valence-corrected chi connectivity index (χ2v) is 7.04. The molecule has 6 nitrogen and oxygen atoms in total. The first-order chi connectivity index (χ1) is 11.6. The van der Waals surface area contributed by atoms with Crippen LogP contribution in [-0.4, -0.2) is 42.9 Å². The van der Waals surface area contributed by atoms with E-state index in [1.807, 2.05) is 11.0 Å². The van der Waals surface area contributed by atoms with Crippen molar-refractivity contribution in [1.82, 2.24) is 4.98 Å². The highest BCUT2D eigenvalue weighted by Gasteiger charge is 2.35. The second-order valence-electron chi connectivity index (χ2n) is 6.47. The lowest BCUT2D eigenvalue weighted by Crippen LogP contribution is -2.49. The Morgan fingerprint density at radius 2 is 2.29 bits per heavy atom. The molecular formula is C17H24ClN3O3. The molecule has 1 aliphatic carbocycles. The van der Waals surface area contributed by atoms with Gasteiger partial charge in [0.2, 0.25) is 5.91 Å². The van der Waals surface area contributed by atoms with Gasteiger partial charge in [0.25, 0.3) is 5.25 Å². The van der Waals surface area contributed by atoms with Crippen LogP contribution in [0.5, 0.6) is 0 Å². The number of ether oxygens (including phenoxy) is 2. The summed E-state index contributed by atoms with van der Waals surface area (Å²) >= 11 is 6.25. The number of nitrogens with one attached hydrogen (secondary N) is 1. The van der Waals surface area contributed by atoms with Crippen LogP contribution in [0.1, 0.15) is 32.1 Å². The average molecular weight is 354 g/mol. The molecule has 0 aromatic carbocycles. The van der Waals surface area contributed by atoms with Crippen LogP contribution >= 0.6 is 11.6 Å². The van der Waals surface area contributed by atoms with E-state index in [9.17, 15) is 4.79 Å². The van der Waals surface area contributed by atoms with Gasteiger partial charge in [0, 0.05) is 20.1 Å². The summed E-state index contributed by atoms with van der Waals surface area (Å²) in [5.74, 6) is 0.588. The third-order valence-corrected chi connectivity index (χ3v) is 5.07. The Balaban J connectivity index is 1.62. The number of alkyl halides is 1. The number of aromatic nitrogens is 1. The van der Waals surface area contributed by atoms with Crippen molar-refractivity contribution >= 4 is 28.9 Å². The van der Waals surface area contributed by atoms with Crippen LogP contribution in [0, 0.1) is 5.92 Å². The van der Waals surface area contributed by atoms with Crippen LogP contribution in [0.4, 0.5) is 11.4 Å². The molecule has 24 heavy (non-hydrogen) atoms. The van der Waals surface area contributed by atoms with Gasteiger partial charge >= 0.3 is 0 Å². The summed E-state index contributed by atoms with van der Waals surface area (Å²) in [6.07, 6.45) is 8.82. The Morgan fingerprint density at radius 1 is 1.50 bits per heavy atom. The fourth-order valence-corrected chi connectivity index (χ4v) is 3.58. The van der Waals surface area contributed by atoms with Crippen LogP contribution in [-0.2, 0) is 14.3 Å². The summed E-state index contributed by atoms with van der Waals surface area (Å²) in [6, 6.07) is 1.91. The predicted molar refractivity (Wildman–Crippen MR) is 93.2 cm³/mol. The van der Waals surface area contributed by atoms with E-state index in [4.69, 9.17) is 21.1 Å². The molecule has 1 N–H and O–H groups in total. The molecule has 7 heteroatoms. The first kappa shape index (κ1) is 17.5. The fourth-order valence-electron chi connectivity index (χ4n) is 3.36. The number of carbonyl (C=O) groups excluding carboxylic acids is 1. The Hall–Kier alpha value is -1.37. The lowest BCUT2D eigenvalue weighted by Gasteiger charge is -2.38. The summed E-state index contributed by atoms with van der Waals surface area (Å²) in [5, 5.41) is 1.82. The van der Waals surface area contributed by atoms with E-state index in [0.29, 0.717) is 37.7 Å². The number of amides is 1. The standard InChI is InChI=1S/C17H24ClN3O3/c1-23-17(18)12-21(6-7-24-17)15-9-14(10-19-11-15)20-16(22)8-13-4-2-3-5-13/h9-11,13H,2-8,12H2,1H3,(H,20,22). The second kappa shape index (κ2) is 7.68. The third kappa shape index (κ3) is 4.37. The highest BCUT2D eigenvalue weighted by Crippen LogP contribution is 2.29. The first-order valence-corrected chi connectivity index (χ1v) is 8.84. The van der Waals surface area contributed by atoms with E-state index in [1.54, 1.807) is 12.4 Å². The Kier molecular flexibility index (Phi) is 5.58. The van der Waals surface area contributed by atoms with E-state index in [1.165, 1.54) is 20.0 Å². The number of halogens is 1. The van der Waals surface area contributed by atoms with Crippen molar-refractivity contribution in [2.45, 2.75) is 37.4 Å². The van der Waals surface area contributed by atoms with Gasteiger partial charge in [-0.3, -0.25) is 9.78 Å². The highest BCUT2D eigenvalue weighted by atomic mass is 35.5. The zero-order valence-corrected chi connectivity index (χ0v) is 14.7. The van der Waals surface area contributed by atoms with Gasteiger partial charge in [-0.15, -0.1) is 0 Å². The van der Waals surface area contributed by atoms with Crippen LogP contribution in [0.25, 0.3) is 0 Å². The minimum absolute atomic E-state index is 0.0615. The molecule has 1 amide bonds. The van der Waals surface area contributed by atoms with Crippen molar-refractivity contribution < 1.29 is 14.3 Å². The molecule has 1 aromatic rings. The Labute approximate surface area is 147 Å². The maximum absolute atomic E-state index is 12.2. The van der Waals surface area contributed by atoms with Crippen molar-refractivity contribution in [3.63, 3.8) is 0 Å². The molecule has 2 fully saturated rings. The Morgan fingerprint density at radius 3 is 3.04 bits per heavy atom. The van der Waals surface area contributed by atoms with Crippen LogP contribution in [0.3, 0.4) is 0 Å². The summed E-state index contributed by atoms with van der Waals surface area (Å²) < 4.78 is 10.7. The topological polar surface area (TPSA) is 63.7 Å². The van der Waals surface area contributed by atoms with Crippen LogP contribution in [0.2, 0.25) is 0 Å². The summed E-state index contributed by atoms with van der Waals surface area (Å²) in [5.41, 5.74) is 1.60. The maximum Gasteiger partial charge on any atom is 0.266 e. The number of hydrogen-bond acceptors (Lipinski definition) is 5. The molecule has 2 heterocycles. The fraction of sp³-hybridized carbons (Fsp3) is 0.647. The smallest absolute Gasteiger partial charge is 0.266 e. The van der Waals surface area contributed by atoms with E-state index in [2.05, 4.69) is 10.3 Å². The number of carbonyl (C=O) groups is 1. The summed E-state index contributed by atoms with van der Waals surface area (Å²) in [6.45, 7) is 1.56. The minimum atomic E-state index is -1.14. The lowest BCUT2D eigenvalue weighted by molar-refractivity contribution is -0.164. The molecule has 1 unspecified atom stereocenters. The maximum atomic E-state index is 12.2. The van der Waals surface area contributed by atoms with E-state index in [-0.39, 0.29) is 5.91 Å². The zero-order valence-electron chi connectivity index (χ0n) is 14.0. The molecular weight excluding hydrogens is 330 g/mol. The van der Waals surface area contributed by atoms with Crippen molar-refractivity contribution in [3.8, 4) is 0 Å². The molecule has 0 radical (unpaired) electrons. The van der Waals surface area contributed by atoms with Gasteiger partial charge in [0.15, 0.2) is 0 Å². The number of anilines is 2. The third-order valence-electron chi connectivity index (χ3n) is 4.68. The average Bonchev–Trinajstić information content (AvgIpc) is 3.08. The number of pyridine rings is 1. The monoisotopic (exact) mass is 353 g/mol. The van der Waals surface area contributed by atoms with Crippen molar-refractivity contribution in [3.05, 3.63) is 18.5 Å².